The van der Waals surface area contributed by atoms with Gasteiger partial charge in [-0.05, 0) is 145 Å². The molecule has 1 N–H and O–H groups in total. The minimum absolute atomic E-state index is 0.00554. The minimum Gasteiger partial charge on any atom is -0.455 e. The number of para-hydroxylation sites is 1. The monoisotopic (exact) mass is 850 g/mol. The van der Waals surface area contributed by atoms with Crippen LogP contribution in [0, 0.1) is 13.8 Å². The first-order chi connectivity index (χ1) is 32.2. The van der Waals surface area contributed by atoms with E-state index in [0.29, 0.717) is 0 Å². The highest BCUT2D eigenvalue weighted by Crippen LogP contribution is 2.68. The number of anilines is 5. The molecule has 3 heterocycles. The Kier molecular flexibility index (Phi) is 8.15. The molecule has 5 nitrogen and oxygen atoms in total. The van der Waals surface area contributed by atoms with Gasteiger partial charge in [-0.1, -0.05) is 142 Å². The number of nitrogens with zero attached hydrogens (tertiary/aromatic N) is 3. The van der Waals surface area contributed by atoms with Crippen LogP contribution in [-0.4, -0.2) is 9.97 Å². The zero-order valence-corrected chi connectivity index (χ0v) is 37.6. The molecule has 2 aliphatic carbocycles. The van der Waals surface area contributed by atoms with Crippen LogP contribution < -0.4 is 10.2 Å². The summed E-state index contributed by atoms with van der Waals surface area (Å²) in [5.74, 6) is 1.65. The molecule has 8 aromatic carbocycles. The van der Waals surface area contributed by atoms with Crippen LogP contribution in [0.5, 0.6) is 0 Å². The number of furan rings is 1. The van der Waals surface area contributed by atoms with Gasteiger partial charge in [0.05, 0.1) is 16.5 Å². The summed E-state index contributed by atoms with van der Waals surface area (Å²) in [6.07, 6.45) is 3.88. The Morgan fingerprint density at radius 2 is 1.20 bits per heavy atom. The summed E-state index contributed by atoms with van der Waals surface area (Å²) >= 11 is 0. The van der Waals surface area contributed by atoms with Crippen LogP contribution in [0.15, 0.2) is 187 Å². The number of rotatable bonds is 5. The Bertz CT molecular complexity index is 3740. The van der Waals surface area contributed by atoms with Gasteiger partial charge in [0.25, 0.3) is 0 Å². The minimum atomic E-state index is -0.710. The van der Waals surface area contributed by atoms with Crippen molar-refractivity contribution in [2.75, 3.05) is 10.2 Å². The van der Waals surface area contributed by atoms with Gasteiger partial charge in [-0.25, -0.2) is 9.97 Å². The Morgan fingerprint density at radius 1 is 0.545 bits per heavy atom. The van der Waals surface area contributed by atoms with Crippen molar-refractivity contribution in [1.82, 2.24) is 9.97 Å². The van der Waals surface area contributed by atoms with Crippen molar-refractivity contribution in [3.63, 3.8) is 0 Å². The lowest BCUT2D eigenvalue weighted by Gasteiger charge is -2.33. The van der Waals surface area contributed by atoms with Crippen LogP contribution in [0.3, 0.4) is 0 Å². The second kappa shape index (κ2) is 14.0. The first-order valence-electron chi connectivity index (χ1n) is 22.9. The smallest absolute Gasteiger partial charge is 0.145 e. The summed E-state index contributed by atoms with van der Waals surface area (Å²) in [6.45, 7) is 11.0. The second-order valence-electron chi connectivity index (χ2n) is 19.2. The normalized spacial score (nSPS) is 13.3. The fraction of sp³-hybridized carbons (Fsp3) is 0.115. The van der Waals surface area contributed by atoms with E-state index in [0.717, 1.165) is 67.3 Å². The second-order valence-corrected chi connectivity index (χ2v) is 19.2. The number of aromatic nitrogens is 2. The molecule has 0 radical (unpaired) electrons. The number of aryl methyl sites for hydroxylation is 2. The third-order valence-corrected chi connectivity index (χ3v) is 14.2. The molecule has 0 aliphatic heterocycles. The van der Waals surface area contributed by atoms with Gasteiger partial charge in [-0.2, -0.15) is 0 Å². The highest BCUT2D eigenvalue weighted by atomic mass is 16.3. The van der Waals surface area contributed by atoms with Crippen molar-refractivity contribution in [3.05, 3.63) is 221 Å². The summed E-state index contributed by atoms with van der Waals surface area (Å²) in [5, 5.41) is 10.5. The molecule has 11 aromatic rings. The maximum absolute atomic E-state index is 7.37. The number of benzene rings is 8. The van der Waals surface area contributed by atoms with Gasteiger partial charge in [0.15, 0.2) is 0 Å². The molecule has 1 spiro atoms. The van der Waals surface area contributed by atoms with Crippen LogP contribution in [-0.2, 0) is 10.8 Å². The molecule has 3 aromatic heterocycles. The van der Waals surface area contributed by atoms with Crippen LogP contribution in [0.1, 0.15) is 59.7 Å². The Morgan fingerprint density at radius 3 is 1.88 bits per heavy atom. The van der Waals surface area contributed by atoms with Gasteiger partial charge in [-0.3, -0.25) is 4.90 Å². The van der Waals surface area contributed by atoms with Crippen LogP contribution in [0.4, 0.5) is 28.7 Å². The molecule has 5 heteroatoms. The fourth-order valence-corrected chi connectivity index (χ4v) is 11.2. The molecular weight excluding hydrogens is 805 g/mol. The fourth-order valence-electron chi connectivity index (χ4n) is 11.2. The van der Waals surface area contributed by atoms with E-state index in [9.17, 15) is 0 Å². The largest absolute Gasteiger partial charge is 0.455 e. The van der Waals surface area contributed by atoms with Crippen molar-refractivity contribution in [1.29, 1.82) is 0 Å². The molecule has 66 heavy (non-hydrogen) atoms. The van der Waals surface area contributed by atoms with Gasteiger partial charge in [0.2, 0.25) is 0 Å². The first kappa shape index (κ1) is 38.4. The van der Waals surface area contributed by atoms with Crippen molar-refractivity contribution < 1.29 is 4.42 Å². The molecule has 0 amide bonds. The maximum Gasteiger partial charge on any atom is 0.145 e. The quantitative estimate of drug-likeness (QED) is 0.175. The van der Waals surface area contributed by atoms with Gasteiger partial charge in [0.1, 0.15) is 22.8 Å². The number of hydrogen-bond acceptors (Lipinski definition) is 5. The lowest BCUT2D eigenvalue weighted by molar-refractivity contribution is 0.590. The molecule has 0 fully saturated rings. The van der Waals surface area contributed by atoms with E-state index >= 15 is 0 Å². The molecule has 0 unspecified atom stereocenters. The Balaban J connectivity index is 1.21. The predicted octanol–water partition coefficient (Wildman–Crippen LogP) is 16.2. The topological polar surface area (TPSA) is 54.2 Å². The number of pyridine rings is 2. The zero-order valence-electron chi connectivity index (χ0n) is 37.6. The van der Waals surface area contributed by atoms with Crippen molar-refractivity contribution in [2.24, 2.45) is 0 Å². The first-order valence-corrected chi connectivity index (χ1v) is 22.9. The average Bonchev–Trinajstić information content (AvgIpc) is 3.98. The molecular formula is C61H46N4O. The van der Waals surface area contributed by atoms with Gasteiger partial charge in [-0.15, -0.1) is 0 Å². The summed E-state index contributed by atoms with van der Waals surface area (Å²) < 4.78 is 7.37. The highest BCUT2D eigenvalue weighted by Gasteiger charge is 2.54. The molecule has 0 atom stereocenters. The standard InChI is InChI=1S/C61H46N4O/c1-36-22-30-53(62-34-36)64-39-26-29-45-47(32-39)41-14-6-7-17-44(41)56-57-50(61(58(45)56)48-19-11-8-15-42(48)43-16-9-12-20-49(43)61)33-51(55-46-18-10-13-21-52(46)66-59(55)57)65(54-31-23-37(2)35-63-54)40-27-24-38(25-28-40)60(3,4)5/h6-35H,1-5H3,(H,62,64). The molecule has 316 valence electrons. The summed E-state index contributed by atoms with van der Waals surface area (Å²) in [7, 11) is 0. The van der Waals surface area contributed by atoms with Gasteiger partial charge >= 0.3 is 0 Å². The van der Waals surface area contributed by atoms with Gasteiger partial charge in [0, 0.05) is 34.7 Å². The van der Waals surface area contributed by atoms with E-state index in [1.165, 1.54) is 66.1 Å². The van der Waals surface area contributed by atoms with Crippen LogP contribution >= 0.6 is 0 Å². The molecule has 0 saturated heterocycles. The molecule has 13 rings (SSSR count). The molecule has 0 saturated carbocycles. The van der Waals surface area contributed by atoms with E-state index in [-0.39, 0.29) is 5.41 Å². The third kappa shape index (κ3) is 5.40. The van der Waals surface area contributed by atoms with E-state index < -0.39 is 5.41 Å². The number of nitrogens with one attached hydrogen (secondary N) is 1. The molecule has 0 bridgehead atoms. The molecule has 2 aliphatic rings. The van der Waals surface area contributed by atoms with Crippen molar-refractivity contribution in [2.45, 2.75) is 45.4 Å². The number of hydrogen-bond donors (Lipinski definition) is 1. The summed E-state index contributed by atoms with van der Waals surface area (Å²) in [4.78, 5) is 12.2. The van der Waals surface area contributed by atoms with Gasteiger partial charge < -0.3 is 9.73 Å². The lowest BCUT2D eigenvalue weighted by Crippen LogP contribution is -2.26. The zero-order chi connectivity index (χ0) is 44.5. The number of fused-ring (bicyclic) bond motifs is 19. The van der Waals surface area contributed by atoms with E-state index in [1.54, 1.807) is 0 Å². The van der Waals surface area contributed by atoms with Crippen LogP contribution in [0.2, 0.25) is 0 Å². The maximum atomic E-state index is 7.37. The Hall–Kier alpha value is -8.02. The highest BCUT2D eigenvalue weighted by molar-refractivity contribution is 6.26. The SMILES string of the molecule is Cc1ccc(Nc2ccc3c4c(c5ccccc5c3c2)-c2c(cc(N(c3ccc(C(C)(C)C)cc3)c3ccc(C)cn3)c3c2oc2ccccc23)C42c3ccccc3-c3ccccc32)nc1. The Labute approximate surface area is 384 Å². The third-order valence-electron chi connectivity index (χ3n) is 14.2. The van der Waals surface area contributed by atoms with Crippen molar-refractivity contribution in [3.8, 4) is 22.3 Å². The van der Waals surface area contributed by atoms with Crippen LogP contribution in [0.25, 0.3) is 65.7 Å². The van der Waals surface area contributed by atoms with E-state index in [4.69, 9.17) is 14.4 Å². The van der Waals surface area contributed by atoms with Crippen molar-refractivity contribution >= 4 is 72.2 Å². The van der Waals surface area contributed by atoms with E-state index in [1.807, 2.05) is 18.5 Å². The summed E-state index contributed by atoms with van der Waals surface area (Å²) in [5.41, 5.74) is 17.4. The summed E-state index contributed by atoms with van der Waals surface area (Å²) in [6, 6.07) is 62.5. The average molecular weight is 851 g/mol. The van der Waals surface area contributed by atoms with E-state index in [2.05, 4.69) is 209 Å². The predicted molar refractivity (Wildman–Crippen MR) is 273 cm³/mol. The lowest BCUT2D eigenvalue weighted by atomic mass is 9.69.